The predicted octanol–water partition coefficient (Wildman–Crippen LogP) is -0.487. The first kappa shape index (κ1) is 13.5. The smallest absolute Gasteiger partial charge is 0.242 e. The maximum absolute atomic E-state index is 9.02. The Morgan fingerprint density at radius 3 is 2.71 bits per heavy atom. The molecule has 17 heavy (non-hydrogen) atoms. The van der Waals surface area contributed by atoms with Gasteiger partial charge in [0.25, 0.3) is 0 Å². The zero-order chi connectivity index (χ0) is 12.7. The zero-order valence-corrected chi connectivity index (χ0v) is 10.1. The van der Waals surface area contributed by atoms with Crippen molar-refractivity contribution in [3.8, 4) is 5.88 Å². The Labute approximate surface area is 100 Å². The minimum absolute atomic E-state index is 0.00940. The van der Waals surface area contributed by atoms with Gasteiger partial charge in [-0.1, -0.05) is 0 Å². The molecule has 7 heteroatoms. The van der Waals surface area contributed by atoms with Crippen LogP contribution in [-0.2, 0) is 4.74 Å². The number of ether oxygens (including phenoxy) is 2. The molecule has 0 aliphatic carbocycles. The molecular formula is C10H18N4O3. The van der Waals surface area contributed by atoms with Crippen LogP contribution in [0.3, 0.4) is 0 Å². The van der Waals surface area contributed by atoms with E-state index in [0.717, 1.165) is 0 Å². The van der Waals surface area contributed by atoms with Crippen LogP contribution in [0.25, 0.3) is 0 Å². The first-order valence-corrected chi connectivity index (χ1v) is 5.23. The third-order valence-electron chi connectivity index (χ3n) is 2.25. The molecule has 0 spiro atoms. The molecule has 0 amide bonds. The lowest BCUT2D eigenvalue weighted by Crippen LogP contribution is -2.31. The van der Waals surface area contributed by atoms with Gasteiger partial charge < -0.3 is 25.2 Å². The molecule has 0 aliphatic heterocycles. The van der Waals surface area contributed by atoms with Crippen LogP contribution in [0, 0.1) is 0 Å². The number of aliphatic hydroxyl groups excluding tert-OH is 1. The second-order valence-corrected chi connectivity index (χ2v) is 3.32. The summed E-state index contributed by atoms with van der Waals surface area (Å²) in [5, 5.41) is 9.02. The minimum Gasteiger partial charge on any atom is -0.479 e. The van der Waals surface area contributed by atoms with Crippen LogP contribution in [0.15, 0.2) is 6.33 Å². The van der Waals surface area contributed by atoms with Gasteiger partial charge >= 0.3 is 0 Å². The fourth-order valence-corrected chi connectivity index (χ4v) is 1.43. The molecule has 1 aromatic rings. The summed E-state index contributed by atoms with van der Waals surface area (Å²) in [7, 11) is 3.11. The van der Waals surface area contributed by atoms with Gasteiger partial charge in [0.2, 0.25) is 5.88 Å². The van der Waals surface area contributed by atoms with Gasteiger partial charge in [-0.2, -0.15) is 4.98 Å². The van der Waals surface area contributed by atoms with Gasteiger partial charge in [0, 0.05) is 20.2 Å². The van der Waals surface area contributed by atoms with Crippen molar-refractivity contribution in [2.75, 3.05) is 51.2 Å². The first-order valence-electron chi connectivity index (χ1n) is 5.23. The predicted molar refractivity (Wildman–Crippen MR) is 64.2 cm³/mol. The number of aliphatic hydroxyl groups is 1. The summed E-state index contributed by atoms with van der Waals surface area (Å²) in [6, 6.07) is 0. The lowest BCUT2D eigenvalue weighted by atomic mass is 10.4. The number of hydrogen-bond acceptors (Lipinski definition) is 7. The summed E-state index contributed by atoms with van der Waals surface area (Å²) in [5.41, 5.74) is 6.24. The average molecular weight is 242 g/mol. The van der Waals surface area contributed by atoms with Crippen molar-refractivity contribution < 1.29 is 14.6 Å². The summed E-state index contributed by atoms with van der Waals surface area (Å²) in [4.78, 5) is 9.83. The quantitative estimate of drug-likeness (QED) is 0.666. The molecule has 0 aromatic carbocycles. The maximum Gasteiger partial charge on any atom is 0.242 e. The van der Waals surface area contributed by atoms with Crippen LogP contribution in [0.2, 0.25) is 0 Å². The molecule has 7 nitrogen and oxygen atoms in total. The highest BCUT2D eigenvalue weighted by Gasteiger charge is 2.14. The Morgan fingerprint density at radius 2 is 2.12 bits per heavy atom. The molecule has 0 bridgehead atoms. The monoisotopic (exact) mass is 242 g/mol. The van der Waals surface area contributed by atoms with E-state index in [-0.39, 0.29) is 6.61 Å². The summed E-state index contributed by atoms with van der Waals surface area (Å²) >= 11 is 0. The molecule has 1 rings (SSSR count). The molecule has 1 heterocycles. The van der Waals surface area contributed by atoms with Crippen molar-refractivity contribution in [3.63, 3.8) is 0 Å². The van der Waals surface area contributed by atoms with E-state index in [1.54, 1.807) is 7.11 Å². The number of nitrogen functional groups attached to an aromatic ring is 1. The van der Waals surface area contributed by atoms with Gasteiger partial charge in [0.1, 0.15) is 12.0 Å². The number of methoxy groups -OCH3 is 2. The Hall–Kier alpha value is -1.60. The SMILES string of the molecule is COCCN(CCO)c1ncnc(OC)c1N. The van der Waals surface area contributed by atoms with E-state index in [4.69, 9.17) is 20.3 Å². The van der Waals surface area contributed by atoms with E-state index in [9.17, 15) is 0 Å². The van der Waals surface area contributed by atoms with Crippen molar-refractivity contribution in [3.05, 3.63) is 6.33 Å². The normalized spacial score (nSPS) is 10.3. The molecule has 0 radical (unpaired) electrons. The summed E-state index contributed by atoms with van der Waals surface area (Å²) in [5.74, 6) is 0.873. The van der Waals surface area contributed by atoms with E-state index in [2.05, 4.69) is 9.97 Å². The largest absolute Gasteiger partial charge is 0.479 e. The van der Waals surface area contributed by atoms with Crippen molar-refractivity contribution in [2.24, 2.45) is 0 Å². The van der Waals surface area contributed by atoms with Crippen LogP contribution < -0.4 is 15.4 Å². The first-order chi connectivity index (χ1) is 8.24. The molecule has 1 aromatic heterocycles. The molecule has 0 unspecified atom stereocenters. The van der Waals surface area contributed by atoms with Crippen molar-refractivity contribution in [1.82, 2.24) is 9.97 Å². The maximum atomic E-state index is 9.02. The Kier molecular flexibility index (Phi) is 5.44. The van der Waals surface area contributed by atoms with E-state index in [0.29, 0.717) is 37.1 Å². The van der Waals surface area contributed by atoms with E-state index >= 15 is 0 Å². The second kappa shape index (κ2) is 6.87. The molecule has 0 atom stereocenters. The Morgan fingerprint density at radius 1 is 1.35 bits per heavy atom. The van der Waals surface area contributed by atoms with E-state index in [1.807, 2.05) is 4.90 Å². The lowest BCUT2D eigenvalue weighted by Gasteiger charge is -2.23. The highest BCUT2D eigenvalue weighted by Crippen LogP contribution is 2.26. The third kappa shape index (κ3) is 3.43. The van der Waals surface area contributed by atoms with Gasteiger partial charge in [-0.3, -0.25) is 0 Å². The molecule has 0 aliphatic rings. The molecule has 3 N–H and O–H groups in total. The second-order valence-electron chi connectivity index (χ2n) is 3.32. The van der Waals surface area contributed by atoms with Gasteiger partial charge in [0.15, 0.2) is 5.82 Å². The van der Waals surface area contributed by atoms with Crippen LogP contribution in [0.5, 0.6) is 5.88 Å². The highest BCUT2D eigenvalue weighted by atomic mass is 16.5. The van der Waals surface area contributed by atoms with Gasteiger partial charge in [0.05, 0.1) is 20.3 Å². The van der Waals surface area contributed by atoms with Gasteiger partial charge in [-0.25, -0.2) is 4.98 Å². The Balaban J connectivity index is 2.92. The van der Waals surface area contributed by atoms with Gasteiger partial charge in [-0.05, 0) is 0 Å². The highest BCUT2D eigenvalue weighted by molar-refractivity contribution is 5.67. The fourth-order valence-electron chi connectivity index (χ4n) is 1.43. The topological polar surface area (TPSA) is 93.7 Å². The fraction of sp³-hybridized carbons (Fsp3) is 0.600. The molecule has 0 saturated carbocycles. The van der Waals surface area contributed by atoms with Crippen molar-refractivity contribution in [1.29, 1.82) is 0 Å². The van der Waals surface area contributed by atoms with E-state index in [1.165, 1.54) is 13.4 Å². The van der Waals surface area contributed by atoms with Crippen molar-refractivity contribution in [2.45, 2.75) is 0 Å². The van der Waals surface area contributed by atoms with Crippen LogP contribution >= 0.6 is 0 Å². The average Bonchev–Trinajstić information content (AvgIpc) is 2.35. The standard InChI is InChI=1S/C10H18N4O3/c1-16-6-4-14(3-5-15)9-8(11)10(17-2)13-7-12-9/h7,15H,3-6,11H2,1-2H3. The summed E-state index contributed by atoms with van der Waals surface area (Å²) < 4.78 is 10.0. The molecular weight excluding hydrogens is 224 g/mol. The Bertz CT molecular complexity index is 348. The number of anilines is 2. The van der Waals surface area contributed by atoms with Crippen LogP contribution in [-0.4, -0.2) is 55.6 Å². The molecule has 0 fully saturated rings. The summed E-state index contributed by atoms with van der Waals surface area (Å²) in [6.45, 7) is 1.54. The number of rotatable bonds is 7. The number of nitrogens with zero attached hydrogens (tertiary/aromatic N) is 3. The van der Waals surface area contributed by atoms with Crippen LogP contribution in [0.1, 0.15) is 0 Å². The molecule has 96 valence electrons. The van der Waals surface area contributed by atoms with Crippen LogP contribution in [0.4, 0.5) is 11.5 Å². The van der Waals surface area contributed by atoms with Gasteiger partial charge in [-0.15, -0.1) is 0 Å². The summed E-state index contributed by atoms with van der Waals surface area (Å²) in [6.07, 6.45) is 1.38. The third-order valence-corrected chi connectivity index (χ3v) is 2.25. The number of hydrogen-bond donors (Lipinski definition) is 2. The lowest BCUT2D eigenvalue weighted by molar-refractivity contribution is 0.202. The minimum atomic E-state index is 0.00940. The number of aromatic nitrogens is 2. The number of nitrogens with two attached hydrogens (primary N) is 1. The van der Waals surface area contributed by atoms with E-state index < -0.39 is 0 Å². The molecule has 0 saturated heterocycles. The zero-order valence-electron chi connectivity index (χ0n) is 10.1. The van der Waals surface area contributed by atoms with Crippen molar-refractivity contribution >= 4 is 11.5 Å².